The molecule has 0 aliphatic rings. The molecule has 1 rings (SSSR count). The highest BCUT2D eigenvalue weighted by Gasteiger charge is 2.10. The zero-order chi connectivity index (χ0) is 9.30. The highest BCUT2D eigenvalue weighted by molar-refractivity contribution is 5.90. The molecule has 0 aliphatic heterocycles. The van der Waals surface area contributed by atoms with Gasteiger partial charge < -0.3 is 10.2 Å². The molecule has 0 bridgehead atoms. The van der Waals surface area contributed by atoms with Gasteiger partial charge in [-0.05, 0) is 12.1 Å². The number of hydrogen-bond acceptors (Lipinski definition) is 2. The van der Waals surface area contributed by atoms with Gasteiger partial charge in [0.15, 0.2) is 11.6 Å². The lowest BCUT2D eigenvalue weighted by atomic mass is 10.2. The van der Waals surface area contributed by atoms with Gasteiger partial charge in [0.1, 0.15) is 0 Å². The normalized spacial score (nSPS) is 9.83. The van der Waals surface area contributed by atoms with E-state index in [0.29, 0.717) is 6.07 Å². The predicted octanol–water partition coefficient (Wildman–Crippen LogP) is 0.737. The molecule has 3 nitrogen and oxygen atoms in total. The Morgan fingerprint density at radius 1 is 1.42 bits per heavy atom. The van der Waals surface area contributed by atoms with Crippen molar-refractivity contribution < 1.29 is 23.8 Å². The molecule has 1 aromatic carbocycles. The minimum absolute atomic E-state index is 0.597. The van der Waals surface area contributed by atoms with E-state index in [1.807, 2.05) is 0 Å². The molecular formula is C7H3F2O3-. The topological polar surface area (TPSA) is 60.4 Å². The summed E-state index contributed by atoms with van der Waals surface area (Å²) in [5.74, 6) is -6.00. The van der Waals surface area contributed by atoms with Gasteiger partial charge in [-0.3, -0.25) is 0 Å². The fraction of sp³-hybridized carbons (Fsp3) is 0. The minimum Gasteiger partial charge on any atom is -0.870 e. The van der Waals surface area contributed by atoms with Crippen LogP contribution in [0.3, 0.4) is 0 Å². The maximum Gasteiger partial charge on any atom is 0.335 e. The van der Waals surface area contributed by atoms with Crippen LogP contribution in [0.4, 0.5) is 8.78 Å². The van der Waals surface area contributed by atoms with Crippen LogP contribution in [0.2, 0.25) is 0 Å². The van der Waals surface area contributed by atoms with Crippen LogP contribution in [-0.4, -0.2) is 11.1 Å². The van der Waals surface area contributed by atoms with E-state index in [4.69, 9.17) is 5.11 Å². The summed E-state index contributed by atoms with van der Waals surface area (Å²) < 4.78 is 24.7. The molecule has 0 saturated heterocycles. The quantitative estimate of drug-likeness (QED) is 0.681. The molecule has 0 fully saturated rings. The van der Waals surface area contributed by atoms with Crippen LogP contribution in [0, 0.1) is 11.6 Å². The molecule has 0 atom stereocenters. The third-order valence-electron chi connectivity index (χ3n) is 1.28. The molecule has 0 radical (unpaired) electrons. The van der Waals surface area contributed by atoms with Crippen LogP contribution in [-0.2, 0) is 0 Å². The predicted molar refractivity (Wildman–Crippen MR) is 32.8 cm³/mol. The number of hydrogen-bond donors (Lipinski definition) is 1. The summed E-state index contributed by atoms with van der Waals surface area (Å²) in [6.45, 7) is 0. The first-order valence-corrected chi connectivity index (χ1v) is 2.92. The van der Waals surface area contributed by atoms with E-state index in [9.17, 15) is 18.7 Å². The maximum atomic E-state index is 12.4. The number of rotatable bonds is 1. The molecule has 12 heavy (non-hydrogen) atoms. The summed E-state index contributed by atoms with van der Waals surface area (Å²) in [5, 5.41) is 18.9. The standard InChI is InChI=1S/C7H4F2O3/c8-4-2-1-3(7(11)12)6(10)5(4)9/h1-2,10H,(H,11,12)/p-1. The molecule has 0 aromatic heterocycles. The molecule has 64 valence electrons. The second-order valence-corrected chi connectivity index (χ2v) is 2.04. The molecule has 0 saturated carbocycles. The van der Waals surface area contributed by atoms with E-state index in [2.05, 4.69) is 0 Å². The van der Waals surface area contributed by atoms with E-state index >= 15 is 0 Å². The van der Waals surface area contributed by atoms with E-state index < -0.39 is 28.9 Å². The van der Waals surface area contributed by atoms with Crippen molar-refractivity contribution in [3.05, 3.63) is 29.3 Å². The van der Waals surface area contributed by atoms with E-state index in [1.54, 1.807) is 0 Å². The number of carboxylic acid groups (broad SMARTS) is 1. The third-order valence-corrected chi connectivity index (χ3v) is 1.28. The van der Waals surface area contributed by atoms with Crippen molar-refractivity contribution in [1.29, 1.82) is 0 Å². The van der Waals surface area contributed by atoms with Crippen molar-refractivity contribution in [2.45, 2.75) is 0 Å². The van der Waals surface area contributed by atoms with Crippen LogP contribution in [0.15, 0.2) is 12.1 Å². The fourth-order valence-corrected chi connectivity index (χ4v) is 0.700. The van der Waals surface area contributed by atoms with Crippen LogP contribution in [0.25, 0.3) is 0 Å². The van der Waals surface area contributed by atoms with Gasteiger partial charge in [-0.1, -0.05) is 5.75 Å². The first-order chi connectivity index (χ1) is 5.54. The maximum absolute atomic E-state index is 12.4. The Kier molecular flexibility index (Phi) is 1.95. The monoisotopic (exact) mass is 173 g/mol. The number of carbonyl (C=O) groups is 1. The number of aromatic carboxylic acids is 1. The highest BCUT2D eigenvalue weighted by atomic mass is 19.2. The lowest BCUT2D eigenvalue weighted by Gasteiger charge is -2.10. The Balaban J connectivity index is 3.36. The van der Waals surface area contributed by atoms with Gasteiger partial charge in [-0.25, -0.2) is 13.6 Å². The van der Waals surface area contributed by atoms with Gasteiger partial charge in [0, 0.05) is 0 Å². The van der Waals surface area contributed by atoms with Gasteiger partial charge in [0.05, 0.1) is 5.56 Å². The summed E-state index contributed by atoms with van der Waals surface area (Å²) in [6.07, 6.45) is 0. The molecule has 0 spiro atoms. The van der Waals surface area contributed by atoms with Crippen molar-refractivity contribution in [3.63, 3.8) is 0 Å². The zero-order valence-corrected chi connectivity index (χ0v) is 5.67. The molecule has 0 heterocycles. The van der Waals surface area contributed by atoms with Gasteiger partial charge >= 0.3 is 5.97 Å². The molecule has 0 amide bonds. The number of halogens is 2. The van der Waals surface area contributed by atoms with E-state index in [0.717, 1.165) is 6.07 Å². The largest absolute Gasteiger partial charge is 0.870 e. The van der Waals surface area contributed by atoms with Gasteiger partial charge in [-0.2, -0.15) is 0 Å². The lowest BCUT2D eigenvalue weighted by molar-refractivity contribution is -0.273. The molecular weight excluding hydrogens is 170 g/mol. The Morgan fingerprint density at radius 2 is 2.00 bits per heavy atom. The van der Waals surface area contributed by atoms with E-state index in [-0.39, 0.29) is 0 Å². The van der Waals surface area contributed by atoms with Gasteiger partial charge in [0.2, 0.25) is 0 Å². The summed E-state index contributed by atoms with van der Waals surface area (Å²) in [7, 11) is 0. The highest BCUT2D eigenvalue weighted by Crippen LogP contribution is 2.20. The summed E-state index contributed by atoms with van der Waals surface area (Å²) in [6, 6.07) is 1.32. The number of carboxylic acids is 1. The SMILES string of the molecule is O=C(O)c1ccc(F)c(F)c1[O-]. The molecule has 0 aliphatic carbocycles. The zero-order valence-electron chi connectivity index (χ0n) is 5.67. The molecule has 5 heteroatoms. The minimum atomic E-state index is -1.66. The smallest absolute Gasteiger partial charge is 0.335 e. The van der Waals surface area contributed by atoms with Gasteiger partial charge in [0.25, 0.3) is 0 Å². The van der Waals surface area contributed by atoms with Crippen molar-refractivity contribution in [2.75, 3.05) is 0 Å². The average Bonchev–Trinajstić information content (AvgIpc) is 2.00. The summed E-state index contributed by atoms with van der Waals surface area (Å²) in [4.78, 5) is 10.2. The van der Waals surface area contributed by atoms with Gasteiger partial charge in [-0.15, -0.1) is 0 Å². The lowest BCUT2D eigenvalue weighted by Crippen LogP contribution is -2.07. The van der Waals surface area contributed by atoms with Crippen LogP contribution in [0.5, 0.6) is 5.75 Å². The van der Waals surface area contributed by atoms with Crippen LogP contribution < -0.4 is 5.11 Å². The Hall–Kier alpha value is -1.65. The van der Waals surface area contributed by atoms with Crippen molar-refractivity contribution in [3.8, 4) is 5.75 Å². The first-order valence-electron chi connectivity index (χ1n) is 2.92. The van der Waals surface area contributed by atoms with E-state index in [1.165, 1.54) is 0 Å². The third kappa shape index (κ3) is 1.20. The molecule has 0 unspecified atom stereocenters. The fourth-order valence-electron chi connectivity index (χ4n) is 0.700. The second-order valence-electron chi connectivity index (χ2n) is 2.04. The van der Waals surface area contributed by atoms with Crippen molar-refractivity contribution >= 4 is 5.97 Å². The van der Waals surface area contributed by atoms with Crippen molar-refractivity contribution in [1.82, 2.24) is 0 Å². The Bertz CT molecular complexity index is 336. The van der Waals surface area contributed by atoms with Crippen molar-refractivity contribution in [2.24, 2.45) is 0 Å². The first kappa shape index (κ1) is 8.45. The van der Waals surface area contributed by atoms with Crippen LogP contribution >= 0.6 is 0 Å². The number of benzene rings is 1. The second kappa shape index (κ2) is 2.77. The molecule has 1 aromatic rings. The average molecular weight is 173 g/mol. The molecule has 1 N–H and O–H groups in total. The van der Waals surface area contributed by atoms with Crippen LogP contribution in [0.1, 0.15) is 10.4 Å². The summed E-state index contributed by atoms with van der Waals surface area (Å²) >= 11 is 0. The summed E-state index contributed by atoms with van der Waals surface area (Å²) in [5.41, 5.74) is -0.770. The Labute approximate surface area is 65.9 Å². The Morgan fingerprint density at radius 3 is 2.50 bits per heavy atom.